The average molecular weight is 428 g/mol. The van der Waals surface area contributed by atoms with E-state index in [1.807, 2.05) is 0 Å². The summed E-state index contributed by atoms with van der Waals surface area (Å²) in [4.78, 5) is 13.8. The van der Waals surface area contributed by atoms with E-state index in [2.05, 4.69) is 37.5 Å². The summed E-state index contributed by atoms with van der Waals surface area (Å²) in [6, 6.07) is 9.28. The van der Waals surface area contributed by atoms with E-state index in [9.17, 15) is 10.1 Å². The number of para-hydroxylation sites is 1. The monoisotopic (exact) mass is 427 g/mol. The molecule has 0 fully saturated rings. The van der Waals surface area contributed by atoms with Crippen LogP contribution in [0.4, 0.5) is 5.00 Å². The second-order valence-corrected chi connectivity index (χ2v) is 9.75. The quantitative estimate of drug-likeness (QED) is 0.681. The largest absolute Gasteiger partial charge is 0.496 e. The molecule has 1 aromatic carbocycles. The van der Waals surface area contributed by atoms with Gasteiger partial charge in [-0.2, -0.15) is 5.26 Å². The van der Waals surface area contributed by atoms with E-state index in [1.54, 1.807) is 35.6 Å². The van der Waals surface area contributed by atoms with Crippen LogP contribution in [0.25, 0.3) is 0 Å². The molecule has 1 heterocycles. The number of thiophene rings is 1. The second kappa shape index (κ2) is 8.52. The van der Waals surface area contributed by atoms with Crippen LogP contribution in [-0.2, 0) is 12.8 Å². The Labute approximate surface area is 181 Å². The number of carbonyl (C=O) groups excluding carboxylic acids is 1. The molecule has 0 saturated carbocycles. The minimum absolute atomic E-state index is 0.170. The van der Waals surface area contributed by atoms with Crippen LogP contribution in [0.15, 0.2) is 24.3 Å². The normalized spacial score (nSPS) is 15.8. The van der Waals surface area contributed by atoms with Crippen molar-refractivity contribution >= 4 is 39.6 Å². The zero-order valence-corrected chi connectivity index (χ0v) is 18.7. The third-order valence-electron chi connectivity index (χ3n) is 5.41. The number of rotatable bonds is 3. The predicted octanol–water partition coefficient (Wildman–Crippen LogP) is 4.91. The number of carbonyl (C=O) groups is 1. The lowest BCUT2D eigenvalue weighted by Gasteiger charge is -2.33. The zero-order chi connectivity index (χ0) is 21.2. The van der Waals surface area contributed by atoms with Crippen LogP contribution in [0.2, 0.25) is 0 Å². The van der Waals surface area contributed by atoms with Gasteiger partial charge in [-0.3, -0.25) is 10.1 Å². The number of ether oxygens (including phenoxy) is 1. The smallest absolute Gasteiger partial charge is 0.261 e. The van der Waals surface area contributed by atoms with Crippen molar-refractivity contribution in [2.45, 2.75) is 40.0 Å². The first-order valence-electron chi connectivity index (χ1n) is 9.54. The van der Waals surface area contributed by atoms with Gasteiger partial charge in [0.2, 0.25) is 0 Å². The van der Waals surface area contributed by atoms with Gasteiger partial charge in [-0.25, -0.2) is 0 Å². The van der Waals surface area contributed by atoms with Gasteiger partial charge in [0.05, 0.1) is 18.2 Å². The third kappa shape index (κ3) is 4.60. The van der Waals surface area contributed by atoms with E-state index in [-0.39, 0.29) is 16.4 Å². The molecule has 0 aliphatic heterocycles. The molecule has 7 heteroatoms. The van der Waals surface area contributed by atoms with Crippen LogP contribution in [0.1, 0.15) is 53.6 Å². The number of hydrogen-bond donors (Lipinski definition) is 2. The third-order valence-corrected chi connectivity index (χ3v) is 6.78. The van der Waals surface area contributed by atoms with E-state index < -0.39 is 0 Å². The lowest BCUT2D eigenvalue weighted by atomic mass is 9.72. The molecule has 1 aromatic heterocycles. The van der Waals surface area contributed by atoms with Crippen LogP contribution in [0, 0.1) is 22.7 Å². The molecule has 1 aliphatic carbocycles. The molecule has 29 heavy (non-hydrogen) atoms. The summed E-state index contributed by atoms with van der Waals surface area (Å²) >= 11 is 6.90. The first-order valence-corrected chi connectivity index (χ1v) is 10.8. The molecule has 1 atom stereocenters. The SMILES string of the molecule is COc1ccccc1C(=O)NC(=S)Nc1sc2c(c1C#N)CC[C@H](C(C)(C)C)C2. The average Bonchev–Trinajstić information content (AvgIpc) is 3.02. The van der Waals surface area contributed by atoms with Gasteiger partial charge in [-0.05, 0) is 60.5 Å². The van der Waals surface area contributed by atoms with Crippen LogP contribution in [0.5, 0.6) is 5.75 Å². The summed E-state index contributed by atoms with van der Waals surface area (Å²) in [5.74, 6) is 0.711. The zero-order valence-electron chi connectivity index (χ0n) is 17.1. The number of amides is 1. The Morgan fingerprint density at radius 3 is 2.72 bits per heavy atom. The molecule has 1 aliphatic rings. The van der Waals surface area contributed by atoms with Gasteiger partial charge in [0.15, 0.2) is 5.11 Å². The summed E-state index contributed by atoms with van der Waals surface area (Å²) < 4.78 is 5.23. The second-order valence-electron chi connectivity index (χ2n) is 8.23. The van der Waals surface area contributed by atoms with Crippen molar-refractivity contribution in [1.29, 1.82) is 5.26 Å². The van der Waals surface area contributed by atoms with Crippen molar-refractivity contribution in [3.8, 4) is 11.8 Å². The molecular formula is C22H25N3O2S2. The topological polar surface area (TPSA) is 74.2 Å². The van der Waals surface area contributed by atoms with E-state index in [4.69, 9.17) is 17.0 Å². The van der Waals surface area contributed by atoms with Crippen molar-refractivity contribution in [1.82, 2.24) is 5.32 Å². The van der Waals surface area contributed by atoms with Gasteiger partial charge in [-0.1, -0.05) is 32.9 Å². The molecule has 3 rings (SSSR count). The minimum Gasteiger partial charge on any atom is -0.496 e. The van der Waals surface area contributed by atoms with E-state index in [0.717, 1.165) is 24.8 Å². The molecule has 0 spiro atoms. The van der Waals surface area contributed by atoms with Crippen molar-refractivity contribution < 1.29 is 9.53 Å². The number of methoxy groups -OCH3 is 1. The summed E-state index contributed by atoms with van der Waals surface area (Å²) in [7, 11) is 1.52. The molecule has 0 unspecified atom stereocenters. The van der Waals surface area contributed by atoms with Crippen molar-refractivity contribution in [3.63, 3.8) is 0 Å². The van der Waals surface area contributed by atoms with Crippen LogP contribution >= 0.6 is 23.6 Å². The summed E-state index contributed by atoms with van der Waals surface area (Å²) in [5, 5.41) is 16.3. The van der Waals surface area contributed by atoms with Crippen molar-refractivity contribution in [2.75, 3.05) is 12.4 Å². The first-order chi connectivity index (χ1) is 13.7. The van der Waals surface area contributed by atoms with Gasteiger partial charge < -0.3 is 10.1 Å². The van der Waals surface area contributed by atoms with E-state index >= 15 is 0 Å². The molecule has 0 bridgehead atoms. The van der Waals surface area contributed by atoms with Crippen LogP contribution < -0.4 is 15.4 Å². The standard InChI is InChI=1S/C22H25N3O2S2/c1-22(2,3)13-9-10-14-16(12-23)20(29-18(14)11-13)25-21(28)24-19(26)15-7-5-6-8-17(15)27-4/h5-8,13H,9-11H2,1-4H3,(H2,24,25,26,28)/t13-/m0/s1. The van der Waals surface area contributed by atoms with Gasteiger partial charge in [0.25, 0.3) is 5.91 Å². The summed E-state index contributed by atoms with van der Waals surface area (Å²) in [6.07, 6.45) is 2.95. The van der Waals surface area contributed by atoms with Gasteiger partial charge in [0, 0.05) is 4.88 Å². The minimum atomic E-state index is -0.354. The number of hydrogen-bond acceptors (Lipinski definition) is 5. The number of fused-ring (bicyclic) bond motifs is 1. The highest BCUT2D eigenvalue weighted by Gasteiger charge is 2.32. The van der Waals surface area contributed by atoms with Crippen LogP contribution in [0.3, 0.4) is 0 Å². The number of nitrogens with zero attached hydrogens (tertiary/aromatic N) is 1. The molecule has 0 radical (unpaired) electrons. The maximum absolute atomic E-state index is 12.5. The lowest BCUT2D eigenvalue weighted by molar-refractivity contribution is 0.0975. The van der Waals surface area contributed by atoms with Gasteiger partial charge >= 0.3 is 0 Å². The Hall–Kier alpha value is -2.43. The van der Waals surface area contributed by atoms with E-state index in [1.165, 1.54) is 12.0 Å². The Bertz CT molecular complexity index is 983. The highest BCUT2D eigenvalue weighted by Crippen LogP contribution is 2.43. The Kier molecular flexibility index (Phi) is 6.25. The first kappa shape index (κ1) is 21.3. The Balaban J connectivity index is 1.75. The molecule has 152 valence electrons. The Morgan fingerprint density at radius 1 is 1.34 bits per heavy atom. The number of nitriles is 1. The molecule has 2 aromatic rings. The van der Waals surface area contributed by atoms with Crippen molar-refractivity contribution in [2.24, 2.45) is 11.3 Å². The Morgan fingerprint density at radius 2 is 2.07 bits per heavy atom. The fourth-order valence-corrected chi connectivity index (χ4v) is 5.21. The number of nitrogens with one attached hydrogen (secondary N) is 2. The summed E-state index contributed by atoms with van der Waals surface area (Å²) in [6.45, 7) is 6.80. The maximum Gasteiger partial charge on any atom is 0.261 e. The highest BCUT2D eigenvalue weighted by molar-refractivity contribution is 7.80. The molecule has 5 nitrogen and oxygen atoms in total. The fraction of sp³-hybridized carbons (Fsp3) is 0.409. The molecular weight excluding hydrogens is 402 g/mol. The predicted molar refractivity (Wildman–Crippen MR) is 121 cm³/mol. The van der Waals surface area contributed by atoms with Gasteiger partial charge in [-0.15, -0.1) is 11.3 Å². The number of benzene rings is 1. The number of anilines is 1. The van der Waals surface area contributed by atoms with Crippen molar-refractivity contribution in [3.05, 3.63) is 45.8 Å². The fourth-order valence-electron chi connectivity index (χ4n) is 3.67. The van der Waals surface area contributed by atoms with Crippen LogP contribution in [-0.4, -0.2) is 18.1 Å². The lowest BCUT2D eigenvalue weighted by Crippen LogP contribution is -2.34. The van der Waals surface area contributed by atoms with Gasteiger partial charge in [0.1, 0.15) is 16.8 Å². The van der Waals surface area contributed by atoms with E-state index in [0.29, 0.717) is 27.8 Å². The summed E-state index contributed by atoms with van der Waals surface area (Å²) in [5.41, 5.74) is 2.41. The maximum atomic E-state index is 12.5. The molecule has 1 amide bonds. The number of thiocarbonyl (C=S) groups is 1. The highest BCUT2D eigenvalue weighted by atomic mass is 32.1. The molecule has 0 saturated heterocycles. The molecule has 2 N–H and O–H groups in total.